The Morgan fingerprint density at radius 2 is 2.11 bits per heavy atom. The number of nitrogens with zero attached hydrogens (tertiary/aromatic N) is 4. The van der Waals surface area contributed by atoms with E-state index in [-0.39, 0.29) is 0 Å². The van der Waals surface area contributed by atoms with Crippen LogP contribution in [0, 0.1) is 0 Å². The first-order valence-electron chi connectivity index (χ1n) is 5.72. The average molecular weight is 240 g/mol. The van der Waals surface area contributed by atoms with Crippen LogP contribution in [0.3, 0.4) is 0 Å². The van der Waals surface area contributed by atoms with Crippen LogP contribution in [0.15, 0.2) is 36.8 Å². The molecular formula is C12H12N6. The van der Waals surface area contributed by atoms with Gasteiger partial charge in [0.25, 0.3) is 0 Å². The van der Waals surface area contributed by atoms with E-state index in [4.69, 9.17) is 0 Å². The van der Waals surface area contributed by atoms with Crippen molar-refractivity contribution in [2.45, 2.75) is 6.42 Å². The van der Waals surface area contributed by atoms with E-state index < -0.39 is 0 Å². The molecule has 0 radical (unpaired) electrons. The fourth-order valence-electron chi connectivity index (χ4n) is 1.70. The summed E-state index contributed by atoms with van der Waals surface area (Å²) in [6.07, 6.45) is 4.08. The highest BCUT2D eigenvalue weighted by Crippen LogP contribution is 2.11. The van der Waals surface area contributed by atoms with Gasteiger partial charge in [0, 0.05) is 24.5 Å². The first-order valence-corrected chi connectivity index (χ1v) is 5.72. The van der Waals surface area contributed by atoms with Gasteiger partial charge in [-0.25, -0.2) is 15.0 Å². The molecule has 0 amide bonds. The zero-order chi connectivity index (χ0) is 12.2. The van der Waals surface area contributed by atoms with Crippen LogP contribution in [0.2, 0.25) is 0 Å². The van der Waals surface area contributed by atoms with Gasteiger partial charge in [-0.05, 0) is 6.07 Å². The van der Waals surface area contributed by atoms with Crippen molar-refractivity contribution in [1.82, 2.24) is 25.1 Å². The molecular weight excluding hydrogens is 228 g/mol. The summed E-state index contributed by atoms with van der Waals surface area (Å²) in [5, 5.41) is 10.8. The zero-order valence-corrected chi connectivity index (χ0v) is 9.67. The molecule has 3 aromatic rings. The second-order valence-corrected chi connectivity index (χ2v) is 3.86. The normalized spacial score (nSPS) is 10.7. The highest BCUT2D eigenvalue weighted by atomic mass is 15.2. The maximum atomic E-state index is 4.43. The van der Waals surface area contributed by atoms with E-state index in [0.29, 0.717) is 12.5 Å². The quantitative estimate of drug-likeness (QED) is 0.720. The maximum absolute atomic E-state index is 4.43. The minimum Gasteiger partial charge on any atom is -0.354 e. The van der Waals surface area contributed by atoms with E-state index in [0.717, 1.165) is 23.1 Å². The topological polar surface area (TPSA) is 79.4 Å². The number of nitrogens with one attached hydrogen (secondary N) is 2. The van der Waals surface area contributed by atoms with Crippen molar-refractivity contribution in [2.24, 2.45) is 0 Å². The maximum Gasteiger partial charge on any atom is 0.223 e. The Morgan fingerprint density at radius 3 is 3.00 bits per heavy atom. The van der Waals surface area contributed by atoms with Crippen molar-refractivity contribution < 1.29 is 0 Å². The predicted molar refractivity (Wildman–Crippen MR) is 68.1 cm³/mol. The number of fused-ring (bicyclic) bond motifs is 1. The van der Waals surface area contributed by atoms with E-state index in [2.05, 4.69) is 30.5 Å². The third-order valence-corrected chi connectivity index (χ3v) is 2.60. The molecule has 0 aliphatic rings. The average Bonchev–Trinajstić information content (AvgIpc) is 2.92. The van der Waals surface area contributed by atoms with Crippen molar-refractivity contribution in [3.05, 3.63) is 42.6 Å². The molecule has 90 valence electrons. The number of anilines is 1. The lowest BCUT2D eigenvalue weighted by molar-refractivity contribution is 0.892. The van der Waals surface area contributed by atoms with Crippen molar-refractivity contribution in [3.63, 3.8) is 0 Å². The van der Waals surface area contributed by atoms with Gasteiger partial charge < -0.3 is 5.32 Å². The molecule has 1 aromatic carbocycles. The molecule has 0 fully saturated rings. The van der Waals surface area contributed by atoms with Crippen LogP contribution in [0.5, 0.6) is 0 Å². The number of para-hydroxylation sites is 1. The lowest BCUT2D eigenvalue weighted by atomic mass is 10.2. The number of benzene rings is 1. The largest absolute Gasteiger partial charge is 0.354 e. The fourth-order valence-corrected chi connectivity index (χ4v) is 1.70. The molecule has 6 nitrogen and oxygen atoms in total. The Balaban J connectivity index is 1.67. The van der Waals surface area contributed by atoms with Crippen molar-refractivity contribution >= 4 is 16.9 Å². The molecule has 0 saturated heterocycles. The molecule has 18 heavy (non-hydrogen) atoms. The van der Waals surface area contributed by atoms with Crippen LogP contribution in [0.4, 0.5) is 5.95 Å². The van der Waals surface area contributed by atoms with Gasteiger partial charge in [0.05, 0.1) is 5.52 Å². The molecule has 0 atom stereocenters. The van der Waals surface area contributed by atoms with Gasteiger partial charge in [-0.1, -0.05) is 18.2 Å². The number of hydrogen-bond donors (Lipinski definition) is 2. The minimum atomic E-state index is 0.633. The van der Waals surface area contributed by atoms with Gasteiger partial charge in [-0.15, -0.1) is 0 Å². The second kappa shape index (κ2) is 4.79. The minimum absolute atomic E-state index is 0.633. The molecule has 0 spiro atoms. The van der Waals surface area contributed by atoms with E-state index in [1.807, 2.05) is 30.5 Å². The summed E-state index contributed by atoms with van der Waals surface area (Å²) in [4.78, 5) is 12.7. The Hall–Kier alpha value is -2.50. The Kier molecular flexibility index (Phi) is 2.83. The number of aromatic nitrogens is 5. The van der Waals surface area contributed by atoms with E-state index in [9.17, 15) is 0 Å². The van der Waals surface area contributed by atoms with Gasteiger partial charge in [0.15, 0.2) is 0 Å². The molecule has 2 heterocycles. The van der Waals surface area contributed by atoms with Gasteiger partial charge in [-0.2, -0.15) is 5.10 Å². The number of rotatable bonds is 4. The van der Waals surface area contributed by atoms with E-state index in [1.54, 1.807) is 0 Å². The highest BCUT2D eigenvalue weighted by molar-refractivity contribution is 5.78. The number of H-pyrrole nitrogens is 1. The van der Waals surface area contributed by atoms with Gasteiger partial charge in [0.2, 0.25) is 5.95 Å². The highest BCUT2D eigenvalue weighted by Gasteiger charge is 2.00. The molecule has 0 aliphatic heterocycles. The number of aromatic amines is 1. The van der Waals surface area contributed by atoms with Crippen LogP contribution < -0.4 is 5.32 Å². The summed E-state index contributed by atoms with van der Waals surface area (Å²) in [6.45, 7) is 0.716. The van der Waals surface area contributed by atoms with Crippen LogP contribution in [-0.2, 0) is 6.42 Å². The molecule has 0 saturated carbocycles. The zero-order valence-electron chi connectivity index (χ0n) is 9.67. The van der Waals surface area contributed by atoms with E-state index in [1.165, 1.54) is 6.33 Å². The third-order valence-electron chi connectivity index (χ3n) is 2.60. The molecule has 2 N–H and O–H groups in total. The molecule has 0 bridgehead atoms. The fraction of sp³-hybridized carbons (Fsp3) is 0.167. The lowest BCUT2D eigenvalue weighted by Crippen LogP contribution is -2.08. The van der Waals surface area contributed by atoms with Crippen molar-refractivity contribution in [3.8, 4) is 0 Å². The summed E-state index contributed by atoms with van der Waals surface area (Å²) in [7, 11) is 0. The lowest BCUT2D eigenvalue weighted by Gasteiger charge is -2.04. The summed E-state index contributed by atoms with van der Waals surface area (Å²) in [6, 6.07) is 7.91. The first-order chi connectivity index (χ1) is 8.92. The van der Waals surface area contributed by atoms with Gasteiger partial charge in [0.1, 0.15) is 12.2 Å². The first kappa shape index (κ1) is 10.6. The van der Waals surface area contributed by atoms with Crippen LogP contribution in [-0.4, -0.2) is 31.7 Å². The Morgan fingerprint density at radius 1 is 1.17 bits per heavy atom. The van der Waals surface area contributed by atoms with Gasteiger partial charge >= 0.3 is 0 Å². The van der Waals surface area contributed by atoms with Crippen LogP contribution in [0.25, 0.3) is 10.9 Å². The van der Waals surface area contributed by atoms with Gasteiger partial charge in [-0.3, -0.25) is 5.10 Å². The molecule has 0 unspecified atom stereocenters. The predicted octanol–water partition coefficient (Wildman–Crippen LogP) is 1.40. The summed E-state index contributed by atoms with van der Waals surface area (Å²) < 4.78 is 0. The molecule has 0 aliphatic carbocycles. The van der Waals surface area contributed by atoms with Crippen molar-refractivity contribution in [2.75, 3.05) is 11.9 Å². The Bertz CT molecular complexity index is 634. The van der Waals surface area contributed by atoms with Crippen molar-refractivity contribution in [1.29, 1.82) is 0 Å². The summed E-state index contributed by atoms with van der Waals surface area (Å²) >= 11 is 0. The standard InChI is InChI=1S/C12H12N6/c1-2-4-10-9(3-1)7-14-12(17-10)13-6-5-11-15-8-16-18-11/h1-4,7-8H,5-6H2,(H,13,14,17)(H,15,16,18). The van der Waals surface area contributed by atoms with Crippen LogP contribution in [0.1, 0.15) is 5.82 Å². The monoisotopic (exact) mass is 240 g/mol. The Labute approximate surface area is 104 Å². The summed E-state index contributed by atoms with van der Waals surface area (Å²) in [5.41, 5.74) is 0.940. The summed E-state index contributed by atoms with van der Waals surface area (Å²) in [5.74, 6) is 1.48. The molecule has 6 heteroatoms. The van der Waals surface area contributed by atoms with E-state index >= 15 is 0 Å². The number of hydrogen-bond acceptors (Lipinski definition) is 5. The van der Waals surface area contributed by atoms with Crippen LogP contribution >= 0.6 is 0 Å². The molecule has 2 aromatic heterocycles. The second-order valence-electron chi connectivity index (χ2n) is 3.86. The molecule has 3 rings (SSSR count). The SMILES string of the molecule is c1ccc2nc(NCCc3ncn[nH]3)ncc2c1. The smallest absolute Gasteiger partial charge is 0.223 e. The third kappa shape index (κ3) is 2.27.